The predicted octanol–water partition coefficient (Wildman–Crippen LogP) is 3.03. The van der Waals surface area contributed by atoms with Gasteiger partial charge in [0.1, 0.15) is 0 Å². The van der Waals surface area contributed by atoms with Gasteiger partial charge in [-0.05, 0) is 64.2 Å². The summed E-state index contributed by atoms with van der Waals surface area (Å²) in [6.07, 6.45) is 7.13. The van der Waals surface area contributed by atoms with E-state index in [0.717, 1.165) is 12.8 Å². The number of hydrogen-bond acceptors (Lipinski definition) is 2. The van der Waals surface area contributed by atoms with E-state index in [9.17, 15) is 10.2 Å². The van der Waals surface area contributed by atoms with Crippen LogP contribution in [-0.2, 0) is 0 Å². The Balaban J connectivity index is 2.28. The number of hydrogen-bond donors (Lipinski definition) is 2. The second-order valence-corrected chi connectivity index (χ2v) is 6.99. The fourth-order valence-electron chi connectivity index (χ4n) is 3.69. The molecule has 0 aromatic carbocycles. The van der Waals surface area contributed by atoms with Crippen LogP contribution in [0.2, 0.25) is 0 Å². The van der Waals surface area contributed by atoms with Crippen molar-refractivity contribution in [3.05, 3.63) is 11.6 Å². The van der Waals surface area contributed by atoms with E-state index >= 15 is 0 Å². The number of aliphatic hydroxyl groups is 2. The summed E-state index contributed by atoms with van der Waals surface area (Å²) in [5.74, 6) is 0.432. The summed E-state index contributed by atoms with van der Waals surface area (Å²) in [4.78, 5) is 0. The fraction of sp³-hybridized carbons (Fsp3) is 0.867. The molecule has 0 heterocycles. The minimum absolute atomic E-state index is 0.330. The Kier molecular flexibility index (Phi) is 2.95. The lowest BCUT2D eigenvalue weighted by molar-refractivity contribution is -0.173. The number of rotatable bonds is 1. The Morgan fingerprint density at radius 2 is 1.94 bits per heavy atom. The largest absolute Gasteiger partial charge is 0.387 e. The van der Waals surface area contributed by atoms with Gasteiger partial charge in [0.05, 0.1) is 11.2 Å². The van der Waals surface area contributed by atoms with Gasteiger partial charge in [0.25, 0.3) is 0 Å². The maximum absolute atomic E-state index is 10.7. The van der Waals surface area contributed by atoms with Gasteiger partial charge in [0, 0.05) is 0 Å². The van der Waals surface area contributed by atoms with Crippen molar-refractivity contribution in [1.29, 1.82) is 0 Å². The van der Waals surface area contributed by atoms with Crippen LogP contribution in [0.4, 0.5) is 0 Å². The van der Waals surface area contributed by atoms with E-state index in [1.165, 1.54) is 18.4 Å². The first kappa shape index (κ1) is 13.1. The molecule has 98 valence electrons. The minimum Gasteiger partial charge on any atom is -0.387 e. The van der Waals surface area contributed by atoms with Crippen molar-refractivity contribution in [2.75, 3.05) is 0 Å². The molecule has 1 fully saturated rings. The third-order valence-electron chi connectivity index (χ3n) is 5.36. The topological polar surface area (TPSA) is 40.5 Å². The van der Waals surface area contributed by atoms with Crippen molar-refractivity contribution in [2.24, 2.45) is 11.3 Å². The molecule has 0 aromatic rings. The summed E-state index contributed by atoms with van der Waals surface area (Å²) in [6, 6.07) is 0. The Morgan fingerprint density at radius 3 is 2.53 bits per heavy atom. The normalized spacial score (nSPS) is 42.9. The molecule has 0 aliphatic heterocycles. The Hall–Kier alpha value is -0.340. The highest BCUT2D eigenvalue weighted by Crippen LogP contribution is 2.54. The summed E-state index contributed by atoms with van der Waals surface area (Å²) in [7, 11) is 0. The van der Waals surface area contributed by atoms with Crippen molar-refractivity contribution < 1.29 is 10.2 Å². The molecular formula is C15H26O2. The van der Waals surface area contributed by atoms with E-state index in [0.29, 0.717) is 17.8 Å². The van der Waals surface area contributed by atoms with Gasteiger partial charge in [0.2, 0.25) is 0 Å². The van der Waals surface area contributed by atoms with E-state index in [-0.39, 0.29) is 0 Å². The summed E-state index contributed by atoms with van der Waals surface area (Å²) in [5, 5.41) is 20.9. The molecule has 2 rings (SSSR count). The highest BCUT2D eigenvalue weighted by molar-refractivity contribution is 5.18. The van der Waals surface area contributed by atoms with Gasteiger partial charge >= 0.3 is 0 Å². The van der Waals surface area contributed by atoms with Gasteiger partial charge in [-0.2, -0.15) is 0 Å². The van der Waals surface area contributed by atoms with Crippen LogP contribution in [0.3, 0.4) is 0 Å². The molecule has 2 N–H and O–H groups in total. The number of allylic oxidation sites excluding steroid dienone is 2. The van der Waals surface area contributed by atoms with E-state index in [1.54, 1.807) is 13.8 Å². The van der Waals surface area contributed by atoms with E-state index < -0.39 is 11.2 Å². The third-order valence-corrected chi connectivity index (χ3v) is 5.36. The molecule has 2 aliphatic rings. The zero-order valence-corrected chi connectivity index (χ0v) is 11.6. The van der Waals surface area contributed by atoms with Crippen LogP contribution in [0.25, 0.3) is 0 Å². The van der Waals surface area contributed by atoms with E-state index in [2.05, 4.69) is 19.9 Å². The van der Waals surface area contributed by atoms with Crippen LogP contribution in [0.5, 0.6) is 0 Å². The van der Waals surface area contributed by atoms with Crippen molar-refractivity contribution in [2.45, 2.75) is 71.0 Å². The Bertz CT molecular complexity index is 339. The minimum atomic E-state index is -1.01. The maximum Gasteiger partial charge on any atom is 0.0934 e. The van der Waals surface area contributed by atoms with Crippen LogP contribution in [-0.4, -0.2) is 21.4 Å². The van der Waals surface area contributed by atoms with Crippen molar-refractivity contribution in [3.63, 3.8) is 0 Å². The lowest BCUT2D eigenvalue weighted by atomic mass is 9.55. The smallest absolute Gasteiger partial charge is 0.0934 e. The van der Waals surface area contributed by atoms with Gasteiger partial charge in [-0.3, -0.25) is 0 Å². The Morgan fingerprint density at radius 1 is 1.29 bits per heavy atom. The first-order chi connectivity index (χ1) is 7.68. The molecule has 2 heteroatoms. The summed E-state index contributed by atoms with van der Waals surface area (Å²) < 4.78 is 0. The predicted molar refractivity (Wildman–Crippen MR) is 69.7 cm³/mol. The second kappa shape index (κ2) is 3.83. The van der Waals surface area contributed by atoms with Crippen LogP contribution in [0, 0.1) is 11.3 Å². The van der Waals surface area contributed by atoms with Gasteiger partial charge in [-0.25, -0.2) is 0 Å². The molecule has 17 heavy (non-hydrogen) atoms. The third kappa shape index (κ3) is 2.06. The van der Waals surface area contributed by atoms with Crippen LogP contribution < -0.4 is 0 Å². The molecule has 2 nitrogen and oxygen atoms in total. The molecular weight excluding hydrogens is 212 g/mol. The molecule has 0 amide bonds. The molecule has 2 aliphatic carbocycles. The molecule has 1 saturated carbocycles. The summed E-state index contributed by atoms with van der Waals surface area (Å²) in [5.41, 5.74) is -0.201. The maximum atomic E-state index is 10.7. The van der Waals surface area contributed by atoms with Crippen LogP contribution >= 0.6 is 0 Å². The van der Waals surface area contributed by atoms with E-state index in [1.807, 2.05) is 0 Å². The van der Waals surface area contributed by atoms with Crippen LogP contribution in [0.1, 0.15) is 59.8 Å². The molecule has 3 atom stereocenters. The first-order valence-corrected chi connectivity index (χ1v) is 6.79. The van der Waals surface area contributed by atoms with Gasteiger partial charge in [-0.15, -0.1) is 0 Å². The zero-order chi connectivity index (χ0) is 12.9. The molecule has 0 radical (unpaired) electrons. The van der Waals surface area contributed by atoms with Gasteiger partial charge in [0.15, 0.2) is 0 Å². The highest BCUT2D eigenvalue weighted by Gasteiger charge is 2.52. The van der Waals surface area contributed by atoms with Crippen LogP contribution in [0.15, 0.2) is 11.6 Å². The zero-order valence-electron chi connectivity index (χ0n) is 11.6. The molecule has 0 unspecified atom stereocenters. The van der Waals surface area contributed by atoms with Crippen molar-refractivity contribution >= 4 is 0 Å². The Labute approximate surface area is 105 Å². The monoisotopic (exact) mass is 238 g/mol. The van der Waals surface area contributed by atoms with Gasteiger partial charge < -0.3 is 10.2 Å². The SMILES string of the molecule is CC1=CCC[C@]2(C)CC[C@](O)(C(C)(C)O)C[C@@H]12. The first-order valence-electron chi connectivity index (χ1n) is 6.79. The molecule has 0 bridgehead atoms. The molecule has 0 saturated heterocycles. The standard InChI is InChI=1S/C15H26O2/c1-11-6-5-7-14(4)8-9-15(17,10-12(11)14)13(2,3)16/h6,12,16-17H,5,7-10H2,1-4H3/t12-,14+,15+/m0/s1. The average Bonchev–Trinajstić information content (AvgIpc) is 2.19. The quantitative estimate of drug-likeness (QED) is 0.689. The lowest BCUT2D eigenvalue weighted by Crippen LogP contribution is -2.56. The van der Waals surface area contributed by atoms with Crippen molar-refractivity contribution in [3.8, 4) is 0 Å². The fourth-order valence-corrected chi connectivity index (χ4v) is 3.69. The van der Waals surface area contributed by atoms with Gasteiger partial charge in [-0.1, -0.05) is 18.6 Å². The second-order valence-electron chi connectivity index (χ2n) is 6.99. The average molecular weight is 238 g/mol. The van der Waals surface area contributed by atoms with E-state index in [4.69, 9.17) is 0 Å². The number of fused-ring (bicyclic) bond motifs is 1. The summed E-state index contributed by atoms with van der Waals surface area (Å²) >= 11 is 0. The summed E-state index contributed by atoms with van der Waals surface area (Å²) in [6.45, 7) is 7.99. The van der Waals surface area contributed by atoms with Crippen molar-refractivity contribution in [1.82, 2.24) is 0 Å². The lowest BCUT2D eigenvalue weighted by Gasteiger charge is -2.53. The molecule has 0 aromatic heterocycles. The molecule has 0 spiro atoms. The highest BCUT2D eigenvalue weighted by atomic mass is 16.4.